The maximum atomic E-state index is 12.0. The highest BCUT2D eigenvalue weighted by Gasteiger charge is 2.38. The summed E-state index contributed by atoms with van der Waals surface area (Å²) in [5, 5.41) is 3.95. The lowest BCUT2D eigenvalue weighted by Crippen LogP contribution is -2.40. The van der Waals surface area contributed by atoms with Crippen LogP contribution < -0.4 is 5.32 Å². The molecule has 0 aliphatic carbocycles. The van der Waals surface area contributed by atoms with E-state index in [0.29, 0.717) is 18.2 Å². The Labute approximate surface area is 111 Å². The molecule has 0 saturated carbocycles. The summed E-state index contributed by atoms with van der Waals surface area (Å²) < 4.78 is 5.38. The monoisotopic (exact) mass is 266 g/mol. The topological polar surface area (TPSA) is 41.6 Å². The fourth-order valence-electron chi connectivity index (χ4n) is 2.60. The van der Waals surface area contributed by atoms with E-state index in [1.165, 1.54) is 0 Å². The van der Waals surface area contributed by atoms with Crippen LogP contribution in [0.3, 0.4) is 0 Å². The predicted molar refractivity (Wildman–Crippen MR) is 68.3 cm³/mol. The number of carbonyl (C=O) groups excluding carboxylic acids is 1. The Morgan fingerprint density at radius 1 is 1.33 bits per heavy atom. The lowest BCUT2D eigenvalue weighted by molar-refractivity contribution is -0.130. The molecule has 96 valence electrons. The Morgan fingerprint density at radius 2 is 2.11 bits per heavy atom. The van der Waals surface area contributed by atoms with Crippen molar-refractivity contribution < 1.29 is 9.53 Å². The number of hydrogen-bond donors (Lipinski definition) is 1. The van der Waals surface area contributed by atoms with Crippen LogP contribution in [-0.2, 0) is 9.53 Å². The Kier molecular flexibility index (Phi) is 3.24. The highest BCUT2D eigenvalue weighted by Crippen LogP contribution is 2.28. The Morgan fingerprint density at radius 3 is 2.78 bits per heavy atom. The summed E-state index contributed by atoms with van der Waals surface area (Å²) in [6.07, 6.45) is 0.860. The Balaban J connectivity index is 1.85. The van der Waals surface area contributed by atoms with Crippen molar-refractivity contribution in [1.82, 2.24) is 10.2 Å². The summed E-state index contributed by atoms with van der Waals surface area (Å²) in [5.41, 5.74) is 1.07. The predicted octanol–water partition coefficient (Wildman–Crippen LogP) is 1.56. The summed E-state index contributed by atoms with van der Waals surface area (Å²) in [4.78, 5) is 13.9. The van der Waals surface area contributed by atoms with Crippen LogP contribution in [-0.4, -0.2) is 36.6 Å². The fraction of sp³-hybridized carbons (Fsp3) is 0.462. The molecule has 2 fully saturated rings. The average molecular weight is 267 g/mol. The minimum atomic E-state index is -0.0542. The number of nitrogens with one attached hydrogen (secondary N) is 1. The van der Waals surface area contributed by atoms with Gasteiger partial charge in [-0.1, -0.05) is 23.7 Å². The third kappa shape index (κ3) is 2.11. The van der Waals surface area contributed by atoms with E-state index < -0.39 is 0 Å². The quantitative estimate of drug-likeness (QED) is 0.883. The van der Waals surface area contributed by atoms with Crippen LogP contribution in [0.2, 0.25) is 5.02 Å². The molecule has 4 nitrogen and oxygen atoms in total. The maximum Gasteiger partial charge on any atom is 0.238 e. The SMILES string of the molecule is O=C1CNC(c2ccc(Cl)cc2)N1C1CCOC1. The molecule has 2 aliphatic heterocycles. The van der Waals surface area contributed by atoms with E-state index in [2.05, 4.69) is 5.32 Å². The van der Waals surface area contributed by atoms with Gasteiger partial charge in [0.05, 0.1) is 19.2 Å². The van der Waals surface area contributed by atoms with Crippen molar-refractivity contribution in [3.63, 3.8) is 0 Å². The lowest BCUT2D eigenvalue weighted by atomic mass is 10.1. The number of hydrogen-bond acceptors (Lipinski definition) is 3. The van der Waals surface area contributed by atoms with E-state index in [1.54, 1.807) is 0 Å². The van der Waals surface area contributed by atoms with E-state index in [4.69, 9.17) is 16.3 Å². The smallest absolute Gasteiger partial charge is 0.238 e. The number of rotatable bonds is 2. The van der Waals surface area contributed by atoms with Gasteiger partial charge in [-0.25, -0.2) is 0 Å². The molecule has 0 bridgehead atoms. The molecule has 2 saturated heterocycles. The van der Waals surface area contributed by atoms with Gasteiger partial charge in [0.15, 0.2) is 0 Å². The molecule has 0 spiro atoms. The molecule has 0 radical (unpaired) electrons. The zero-order valence-electron chi connectivity index (χ0n) is 9.93. The van der Waals surface area contributed by atoms with Crippen molar-refractivity contribution in [2.75, 3.05) is 19.8 Å². The standard InChI is InChI=1S/C13H15ClN2O2/c14-10-3-1-9(2-4-10)13-15-7-12(17)16(13)11-5-6-18-8-11/h1-4,11,13,15H,5-8H2. The number of nitrogens with zero attached hydrogens (tertiary/aromatic N) is 1. The molecule has 1 N–H and O–H groups in total. The van der Waals surface area contributed by atoms with Gasteiger partial charge in [-0.05, 0) is 24.1 Å². The minimum absolute atomic E-state index is 0.0542. The Bertz CT molecular complexity index is 443. The first-order valence-corrected chi connectivity index (χ1v) is 6.51. The molecule has 2 unspecified atom stereocenters. The molecule has 2 heterocycles. The summed E-state index contributed by atoms with van der Waals surface area (Å²) in [5.74, 6) is 0.144. The van der Waals surface area contributed by atoms with Crippen molar-refractivity contribution in [3.8, 4) is 0 Å². The number of benzene rings is 1. The van der Waals surface area contributed by atoms with Gasteiger partial charge in [0.1, 0.15) is 6.17 Å². The van der Waals surface area contributed by atoms with Gasteiger partial charge in [-0.2, -0.15) is 0 Å². The second-order valence-electron chi connectivity index (χ2n) is 4.65. The van der Waals surface area contributed by atoms with E-state index in [0.717, 1.165) is 18.6 Å². The van der Waals surface area contributed by atoms with Gasteiger partial charge in [-0.15, -0.1) is 0 Å². The van der Waals surface area contributed by atoms with Crippen molar-refractivity contribution in [2.24, 2.45) is 0 Å². The lowest BCUT2D eigenvalue weighted by Gasteiger charge is -2.29. The number of halogens is 1. The first-order chi connectivity index (χ1) is 8.75. The first-order valence-electron chi connectivity index (χ1n) is 6.13. The van der Waals surface area contributed by atoms with Crippen LogP contribution in [0.25, 0.3) is 0 Å². The van der Waals surface area contributed by atoms with Gasteiger partial charge >= 0.3 is 0 Å². The third-order valence-corrected chi connectivity index (χ3v) is 3.75. The van der Waals surface area contributed by atoms with E-state index in [-0.39, 0.29) is 18.1 Å². The van der Waals surface area contributed by atoms with E-state index in [9.17, 15) is 4.79 Å². The molecule has 18 heavy (non-hydrogen) atoms. The van der Waals surface area contributed by atoms with E-state index in [1.807, 2.05) is 29.2 Å². The largest absolute Gasteiger partial charge is 0.379 e. The molecule has 1 amide bonds. The van der Waals surface area contributed by atoms with Gasteiger partial charge in [0, 0.05) is 11.6 Å². The van der Waals surface area contributed by atoms with Crippen molar-refractivity contribution in [1.29, 1.82) is 0 Å². The first kappa shape index (κ1) is 12.0. The van der Waals surface area contributed by atoms with Crippen LogP contribution in [0, 0.1) is 0 Å². The number of amides is 1. The van der Waals surface area contributed by atoms with Crippen LogP contribution in [0.1, 0.15) is 18.2 Å². The van der Waals surface area contributed by atoms with E-state index >= 15 is 0 Å². The molecule has 2 atom stereocenters. The zero-order chi connectivity index (χ0) is 12.5. The molecular formula is C13H15ClN2O2. The Hall–Kier alpha value is -1.10. The summed E-state index contributed by atoms with van der Waals surface area (Å²) in [7, 11) is 0. The summed E-state index contributed by atoms with van der Waals surface area (Å²) in [6, 6.07) is 7.81. The van der Waals surface area contributed by atoms with Gasteiger partial charge < -0.3 is 9.64 Å². The average Bonchev–Trinajstić information content (AvgIpc) is 2.99. The second kappa shape index (κ2) is 4.88. The zero-order valence-corrected chi connectivity index (χ0v) is 10.7. The highest BCUT2D eigenvalue weighted by molar-refractivity contribution is 6.30. The molecule has 2 aliphatic rings. The second-order valence-corrected chi connectivity index (χ2v) is 5.09. The van der Waals surface area contributed by atoms with Crippen LogP contribution in [0.5, 0.6) is 0 Å². The van der Waals surface area contributed by atoms with Crippen LogP contribution >= 0.6 is 11.6 Å². The van der Waals surface area contributed by atoms with Gasteiger partial charge in [0.25, 0.3) is 0 Å². The van der Waals surface area contributed by atoms with Crippen molar-refractivity contribution in [3.05, 3.63) is 34.9 Å². The van der Waals surface area contributed by atoms with Gasteiger partial charge in [0.2, 0.25) is 5.91 Å². The summed E-state index contributed by atoms with van der Waals surface area (Å²) >= 11 is 5.89. The fourth-order valence-corrected chi connectivity index (χ4v) is 2.72. The third-order valence-electron chi connectivity index (χ3n) is 3.50. The molecule has 0 aromatic heterocycles. The van der Waals surface area contributed by atoms with Gasteiger partial charge in [-0.3, -0.25) is 10.1 Å². The molecular weight excluding hydrogens is 252 g/mol. The normalized spacial score (nSPS) is 28.1. The van der Waals surface area contributed by atoms with Crippen molar-refractivity contribution >= 4 is 17.5 Å². The number of ether oxygens (including phenoxy) is 1. The molecule has 5 heteroatoms. The number of carbonyl (C=O) groups is 1. The summed E-state index contributed by atoms with van der Waals surface area (Å²) in [6.45, 7) is 1.77. The molecule has 1 aromatic carbocycles. The highest BCUT2D eigenvalue weighted by atomic mass is 35.5. The minimum Gasteiger partial charge on any atom is -0.379 e. The van der Waals surface area contributed by atoms with Crippen molar-refractivity contribution in [2.45, 2.75) is 18.6 Å². The molecule has 1 aromatic rings. The molecule has 3 rings (SSSR count). The van der Waals surface area contributed by atoms with Crippen LogP contribution in [0.4, 0.5) is 0 Å². The van der Waals surface area contributed by atoms with Crippen LogP contribution in [0.15, 0.2) is 24.3 Å². The maximum absolute atomic E-state index is 12.0.